The minimum absolute atomic E-state index is 0.0897. The van der Waals surface area contributed by atoms with Gasteiger partial charge in [0, 0.05) is 25.7 Å². The maximum absolute atomic E-state index is 12.9. The van der Waals surface area contributed by atoms with E-state index in [1.54, 1.807) is 11.8 Å². The van der Waals surface area contributed by atoms with Crippen LogP contribution in [0.15, 0.2) is 53.4 Å². The van der Waals surface area contributed by atoms with E-state index in [0.29, 0.717) is 18.7 Å². The molecule has 12 heteroatoms. The van der Waals surface area contributed by atoms with Crippen molar-refractivity contribution in [2.45, 2.75) is 23.9 Å². The summed E-state index contributed by atoms with van der Waals surface area (Å²) in [5, 5.41) is 17.6. The van der Waals surface area contributed by atoms with Crippen molar-refractivity contribution in [3.8, 4) is 0 Å². The lowest BCUT2D eigenvalue weighted by Gasteiger charge is -2.26. The van der Waals surface area contributed by atoms with Crippen molar-refractivity contribution in [3.63, 3.8) is 0 Å². The predicted octanol–water partition coefficient (Wildman–Crippen LogP) is 2.47. The summed E-state index contributed by atoms with van der Waals surface area (Å²) >= 11 is 1.56. The molecule has 1 atom stereocenters. The number of thioether (sulfide) groups is 1. The largest absolute Gasteiger partial charge is 0.379 e. The zero-order chi connectivity index (χ0) is 24.6. The van der Waals surface area contributed by atoms with E-state index in [1.807, 2.05) is 36.6 Å². The molecule has 3 rings (SSSR count). The number of nitro benzene ring substituents is 1. The van der Waals surface area contributed by atoms with Crippen LogP contribution >= 0.6 is 11.8 Å². The lowest BCUT2D eigenvalue weighted by molar-refractivity contribution is -0.384. The van der Waals surface area contributed by atoms with Gasteiger partial charge >= 0.3 is 0 Å². The van der Waals surface area contributed by atoms with Crippen LogP contribution in [0.3, 0.4) is 0 Å². The lowest BCUT2D eigenvalue weighted by Crippen LogP contribution is -2.40. The van der Waals surface area contributed by atoms with Gasteiger partial charge in [0.2, 0.25) is 15.9 Å². The highest BCUT2D eigenvalue weighted by molar-refractivity contribution is 7.98. The standard InChI is InChI=1S/C22H28N4O6S2/c1-33-14-9-20(22(27)23-16-17-5-3-2-4-6-17)24-19-8-7-18(15-21(19)26(28)29)34(30,31)25-10-12-32-13-11-25/h2-8,15,20,24H,9-14,16H2,1H3,(H,23,27)/t20-/m0/s1. The quantitative estimate of drug-likeness (QED) is 0.350. The number of ether oxygens (including phenoxy) is 1. The molecular formula is C22H28N4O6S2. The molecule has 34 heavy (non-hydrogen) atoms. The molecule has 1 amide bonds. The van der Waals surface area contributed by atoms with Crippen molar-refractivity contribution in [2.75, 3.05) is 43.6 Å². The average molecular weight is 509 g/mol. The predicted molar refractivity (Wildman–Crippen MR) is 131 cm³/mol. The van der Waals surface area contributed by atoms with Gasteiger partial charge in [-0.3, -0.25) is 14.9 Å². The number of sulfonamides is 1. The Labute approximate surface area is 203 Å². The monoisotopic (exact) mass is 508 g/mol. The topological polar surface area (TPSA) is 131 Å². The summed E-state index contributed by atoms with van der Waals surface area (Å²) < 4.78 is 32.3. The normalized spacial score (nSPS) is 15.4. The van der Waals surface area contributed by atoms with E-state index in [2.05, 4.69) is 10.6 Å². The fourth-order valence-electron chi connectivity index (χ4n) is 3.48. The molecule has 10 nitrogen and oxygen atoms in total. The smallest absolute Gasteiger partial charge is 0.293 e. The van der Waals surface area contributed by atoms with E-state index >= 15 is 0 Å². The molecule has 0 aromatic heterocycles. The van der Waals surface area contributed by atoms with E-state index in [9.17, 15) is 23.3 Å². The molecule has 0 spiro atoms. The number of nitrogens with zero attached hydrogens (tertiary/aromatic N) is 2. The number of nitro groups is 1. The van der Waals surface area contributed by atoms with Gasteiger partial charge in [0.25, 0.3) is 5.69 Å². The van der Waals surface area contributed by atoms with E-state index in [4.69, 9.17) is 4.74 Å². The molecule has 1 aliphatic rings. The van der Waals surface area contributed by atoms with Crippen LogP contribution in [0.5, 0.6) is 0 Å². The van der Waals surface area contributed by atoms with E-state index in [-0.39, 0.29) is 42.8 Å². The van der Waals surface area contributed by atoms with E-state index in [0.717, 1.165) is 11.6 Å². The SMILES string of the molecule is CSCC[C@H](Nc1ccc(S(=O)(=O)N2CCOCC2)cc1[N+](=O)[O-])C(=O)NCc1ccccc1. The highest BCUT2D eigenvalue weighted by atomic mass is 32.2. The maximum Gasteiger partial charge on any atom is 0.293 e. The number of carbonyl (C=O) groups excluding carboxylic acids is 1. The van der Waals surface area contributed by atoms with Gasteiger partial charge in [0.1, 0.15) is 11.7 Å². The summed E-state index contributed by atoms with van der Waals surface area (Å²) in [4.78, 5) is 23.8. The van der Waals surface area contributed by atoms with Crippen LogP contribution in [0, 0.1) is 10.1 Å². The van der Waals surface area contributed by atoms with Crippen molar-refractivity contribution >= 4 is 39.1 Å². The number of amides is 1. The molecule has 0 radical (unpaired) electrons. The van der Waals surface area contributed by atoms with Crippen LogP contribution in [0.2, 0.25) is 0 Å². The number of carbonyl (C=O) groups is 1. The van der Waals surface area contributed by atoms with Gasteiger partial charge in [0.15, 0.2) is 0 Å². The number of rotatable bonds is 11. The third kappa shape index (κ3) is 6.69. The molecule has 2 aromatic rings. The number of nitrogens with one attached hydrogen (secondary N) is 2. The van der Waals surface area contributed by atoms with Gasteiger partial charge in [-0.2, -0.15) is 16.1 Å². The highest BCUT2D eigenvalue weighted by Crippen LogP contribution is 2.30. The van der Waals surface area contributed by atoms with Crippen LogP contribution in [0.1, 0.15) is 12.0 Å². The van der Waals surface area contributed by atoms with Gasteiger partial charge in [-0.25, -0.2) is 8.42 Å². The van der Waals surface area contributed by atoms with Gasteiger partial charge in [-0.1, -0.05) is 30.3 Å². The van der Waals surface area contributed by atoms with Gasteiger partial charge in [-0.15, -0.1) is 0 Å². The van der Waals surface area contributed by atoms with Crippen LogP contribution in [0.25, 0.3) is 0 Å². The summed E-state index contributed by atoms with van der Waals surface area (Å²) in [6.45, 7) is 1.26. The number of morpholine rings is 1. The number of anilines is 1. The number of hydrogen-bond acceptors (Lipinski definition) is 8. The minimum atomic E-state index is -3.89. The molecule has 0 saturated carbocycles. The molecular weight excluding hydrogens is 480 g/mol. The van der Waals surface area contributed by atoms with E-state index in [1.165, 1.54) is 16.4 Å². The third-order valence-corrected chi connectivity index (χ3v) is 7.88. The third-order valence-electron chi connectivity index (χ3n) is 5.34. The van der Waals surface area contributed by atoms with Gasteiger partial charge in [-0.05, 0) is 36.1 Å². The average Bonchev–Trinajstić information content (AvgIpc) is 2.86. The Morgan fingerprint density at radius 2 is 1.91 bits per heavy atom. The maximum atomic E-state index is 12.9. The first-order valence-corrected chi connectivity index (χ1v) is 13.6. The minimum Gasteiger partial charge on any atom is -0.379 e. The van der Waals surface area contributed by atoms with E-state index < -0.39 is 26.7 Å². The van der Waals surface area contributed by atoms with Gasteiger partial charge in [0.05, 0.1) is 23.0 Å². The molecule has 0 aliphatic carbocycles. The summed E-state index contributed by atoms with van der Waals surface area (Å²) in [5.74, 6) is 0.366. The second-order valence-corrected chi connectivity index (χ2v) is 10.6. The zero-order valence-electron chi connectivity index (χ0n) is 18.8. The Balaban J connectivity index is 1.80. The zero-order valence-corrected chi connectivity index (χ0v) is 20.4. The fourth-order valence-corrected chi connectivity index (χ4v) is 5.38. The Bertz CT molecular complexity index is 1090. The van der Waals surface area contributed by atoms with Crippen molar-refractivity contribution in [1.29, 1.82) is 0 Å². The molecule has 0 bridgehead atoms. The number of hydrogen-bond donors (Lipinski definition) is 2. The van der Waals surface area contributed by atoms with Crippen molar-refractivity contribution in [1.82, 2.24) is 9.62 Å². The summed E-state index contributed by atoms with van der Waals surface area (Å²) in [6, 6.07) is 12.4. The van der Waals surface area contributed by atoms with Crippen molar-refractivity contribution < 1.29 is 22.9 Å². The Kier molecular flexibility index (Phi) is 9.28. The Morgan fingerprint density at radius 3 is 2.56 bits per heavy atom. The van der Waals surface area contributed by atoms with Crippen LogP contribution in [-0.4, -0.2) is 67.9 Å². The van der Waals surface area contributed by atoms with Gasteiger partial charge < -0.3 is 15.4 Å². The Morgan fingerprint density at radius 1 is 1.21 bits per heavy atom. The second-order valence-electron chi connectivity index (χ2n) is 7.63. The summed E-state index contributed by atoms with van der Waals surface area (Å²) in [6.07, 6.45) is 2.35. The summed E-state index contributed by atoms with van der Waals surface area (Å²) in [7, 11) is -3.89. The first-order valence-electron chi connectivity index (χ1n) is 10.8. The summed E-state index contributed by atoms with van der Waals surface area (Å²) in [5.41, 5.74) is 0.620. The van der Waals surface area contributed by atoms with Crippen molar-refractivity contribution in [2.24, 2.45) is 0 Å². The second kappa shape index (κ2) is 12.2. The molecule has 184 valence electrons. The van der Waals surface area contributed by atoms with Crippen LogP contribution < -0.4 is 10.6 Å². The molecule has 2 N–H and O–H groups in total. The highest BCUT2D eigenvalue weighted by Gasteiger charge is 2.30. The number of benzene rings is 2. The lowest BCUT2D eigenvalue weighted by atomic mass is 10.1. The van der Waals surface area contributed by atoms with Crippen LogP contribution in [-0.2, 0) is 26.1 Å². The van der Waals surface area contributed by atoms with Crippen LogP contribution in [0.4, 0.5) is 11.4 Å². The molecule has 1 fully saturated rings. The fraction of sp³-hybridized carbons (Fsp3) is 0.409. The molecule has 2 aromatic carbocycles. The molecule has 1 saturated heterocycles. The molecule has 1 heterocycles. The van der Waals surface area contributed by atoms with Crippen molar-refractivity contribution in [3.05, 3.63) is 64.2 Å². The Hall–Kier alpha value is -2.67. The molecule has 1 aliphatic heterocycles. The first-order chi connectivity index (χ1) is 16.3. The molecule has 0 unspecified atom stereocenters. The first kappa shape index (κ1) is 25.9.